The van der Waals surface area contributed by atoms with Gasteiger partial charge < -0.3 is 9.47 Å². The molecule has 0 N–H and O–H groups in total. The Morgan fingerprint density at radius 2 is 1.54 bits per heavy atom. The Kier molecular flexibility index (Phi) is 3.96. The van der Waals surface area contributed by atoms with E-state index in [1.165, 1.54) is 24.6 Å². The van der Waals surface area contributed by atoms with Crippen molar-refractivity contribution in [3.8, 4) is 0 Å². The van der Waals surface area contributed by atoms with Crippen LogP contribution in [0.2, 0.25) is 0 Å². The quantitative estimate of drug-likeness (QED) is 0.504. The molecule has 1 aliphatic rings. The fourth-order valence-electron chi connectivity index (χ4n) is 3.63. The zero-order chi connectivity index (χ0) is 18.3. The predicted molar refractivity (Wildman–Crippen MR) is 101 cm³/mol. The van der Waals surface area contributed by atoms with Crippen LogP contribution in [0.15, 0.2) is 54.6 Å². The summed E-state index contributed by atoms with van der Waals surface area (Å²) < 4.78 is 10.8. The Bertz CT molecular complexity index is 1060. The molecule has 4 nitrogen and oxygen atoms in total. The van der Waals surface area contributed by atoms with Crippen molar-refractivity contribution < 1.29 is 19.1 Å². The molecule has 0 heterocycles. The highest BCUT2D eigenvalue weighted by Gasteiger charge is 2.32. The molecule has 2 atom stereocenters. The number of carbonyl (C=O) groups is 2. The largest absolute Gasteiger partial charge is 0.454 e. The van der Waals surface area contributed by atoms with Crippen LogP contribution in [0.25, 0.3) is 27.6 Å². The minimum atomic E-state index is -0.646. The van der Waals surface area contributed by atoms with Crippen LogP contribution < -0.4 is 0 Å². The lowest BCUT2D eigenvalue weighted by Gasteiger charge is -2.29. The lowest BCUT2D eigenvalue weighted by atomic mass is 9.87. The van der Waals surface area contributed by atoms with Gasteiger partial charge in [0.05, 0.1) is 0 Å². The zero-order valence-corrected chi connectivity index (χ0v) is 14.6. The van der Waals surface area contributed by atoms with E-state index in [0.29, 0.717) is 0 Å². The van der Waals surface area contributed by atoms with Gasteiger partial charge in [-0.1, -0.05) is 54.6 Å². The second kappa shape index (κ2) is 6.30. The fraction of sp³-hybridized carbons (Fsp3) is 0.182. The van der Waals surface area contributed by atoms with Crippen molar-refractivity contribution >= 4 is 39.6 Å². The van der Waals surface area contributed by atoms with Gasteiger partial charge in [-0.25, -0.2) is 0 Å². The molecular weight excluding hydrogens is 328 g/mol. The van der Waals surface area contributed by atoms with Gasteiger partial charge in [-0.15, -0.1) is 0 Å². The van der Waals surface area contributed by atoms with Crippen molar-refractivity contribution in [2.75, 3.05) is 0 Å². The van der Waals surface area contributed by atoms with E-state index in [4.69, 9.17) is 9.47 Å². The number of hydrogen-bond acceptors (Lipinski definition) is 4. The molecule has 0 radical (unpaired) electrons. The van der Waals surface area contributed by atoms with E-state index in [2.05, 4.69) is 24.3 Å². The molecule has 0 bridgehead atoms. The molecule has 0 aromatic heterocycles. The summed E-state index contributed by atoms with van der Waals surface area (Å²) in [6.07, 6.45) is 2.46. The highest BCUT2D eigenvalue weighted by molar-refractivity contribution is 6.10. The lowest BCUT2D eigenvalue weighted by molar-refractivity contribution is -0.162. The Morgan fingerprint density at radius 1 is 0.808 bits per heavy atom. The summed E-state index contributed by atoms with van der Waals surface area (Å²) in [6, 6.07) is 16.4. The van der Waals surface area contributed by atoms with E-state index >= 15 is 0 Å². The number of carbonyl (C=O) groups excluding carboxylic acids is 2. The third-order valence-corrected chi connectivity index (χ3v) is 4.65. The molecule has 3 aromatic rings. The molecule has 26 heavy (non-hydrogen) atoms. The number of rotatable bonds is 2. The molecule has 130 valence electrons. The minimum Gasteiger partial charge on any atom is -0.454 e. The number of benzene rings is 3. The molecule has 0 amide bonds. The molecule has 3 aromatic carbocycles. The van der Waals surface area contributed by atoms with Gasteiger partial charge in [0.15, 0.2) is 12.2 Å². The van der Waals surface area contributed by atoms with E-state index in [9.17, 15) is 9.59 Å². The SMILES string of the molecule is CC(=O)O[C@@H]1c2ccc3c(ccc4ccccc43)c2C=C[C@H]1OC(C)=O. The molecule has 0 aliphatic heterocycles. The average Bonchev–Trinajstić information content (AvgIpc) is 2.62. The van der Waals surface area contributed by atoms with Gasteiger partial charge in [-0.3, -0.25) is 9.59 Å². The summed E-state index contributed by atoms with van der Waals surface area (Å²) in [5.74, 6) is -0.820. The molecule has 0 saturated carbocycles. The Labute approximate surface area is 151 Å². The highest BCUT2D eigenvalue weighted by atomic mass is 16.6. The summed E-state index contributed by atoms with van der Waals surface area (Å²) >= 11 is 0. The molecule has 0 fully saturated rings. The summed E-state index contributed by atoms with van der Waals surface area (Å²) in [7, 11) is 0. The second-order valence-corrected chi connectivity index (χ2v) is 6.41. The Morgan fingerprint density at radius 3 is 2.31 bits per heavy atom. The lowest BCUT2D eigenvalue weighted by Crippen LogP contribution is -2.28. The minimum absolute atomic E-state index is 0.410. The fourth-order valence-corrected chi connectivity index (χ4v) is 3.63. The first kappa shape index (κ1) is 16.3. The Balaban J connectivity index is 1.92. The van der Waals surface area contributed by atoms with Crippen LogP contribution in [-0.4, -0.2) is 18.0 Å². The smallest absolute Gasteiger partial charge is 0.303 e. The number of fused-ring (bicyclic) bond motifs is 5. The van der Waals surface area contributed by atoms with Crippen LogP contribution >= 0.6 is 0 Å². The Hall–Kier alpha value is -3.14. The van der Waals surface area contributed by atoms with Crippen molar-refractivity contribution in [3.63, 3.8) is 0 Å². The van der Waals surface area contributed by atoms with Crippen LogP contribution in [-0.2, 0) is 19.1 Å². The van der Waals surface area contributed by atoms with E-state index in [1.807, 2.05) is 30.3 Å². The van der Waals surface area contributed by atoms with Crippen molar-refractivity contribution in [1.82, 2.24) is 0 Å². The predicted octanol–water partition coefficient (Wildman–Crippen LogP) is 4.56. The van der Waals surface area contributed by atoms with Crippen LogP contribution in [0.3, 0.4) is 0 Å². The van der Waals surface area contributed by atoms with Crippen LogP contribution in [0.4, 0.5) is 0 Å². The maximum absolute atomic E-state index is 11.6. The van der Waals surface area contributed by atoms with Gasteiger partial charge in [-0.05, 0) is 33.2 Å². The van der Waals surface area contributed by atoms with Gasteiger partial charge in [0.1, 0.15) is 0 Å². The maximum Gasteiger partial charge on any atom is 0.303 e. The molecule has 4 heteroatoms. The number of ether oxygens (including phenoxy) is 2. The van der Waals surface area contributed by atoms with Crippen LogP contribution in [0.5, 0.6) is 0 Å². The summed E-state index contributed by atoms with van der Waals surface area (Å²) in [5, 5.41) is 4.57. The topological polar surface area (TPSA) is 52.6 Å². The first-order chi connectivity index (χ1) is 12.5. The van der Waals surface area contributed by atoms with Crippen LogP contribution in [0.1, 0.15) is 31.1 Å². The van der Waals surface area contributed by atoms with E-state index in [1.54, 1.807) is 6.08 Å². The van der Waals surface area contributed by atoms with Crippen molar-refractivity contribution in [1.29, 1.82) is 0 Å². The molecule has 1 aliphatic carbocycles. The highest BCUT2D eigenvalue weighted by Crippen LogP contribution is 2.38. The number of hydrogen-bond donors (Lipinski definition) is 0. The molecule has 0 unspecified atom stereocenters. The molecule has 0 spiro atoms. The zero-order valence-electron chi connectivity index (χ0n) is 14.6. The third-order valence-electron chi connectivity index (χ3n) is 4.65. The second-order valence-electron chi connectivity index (χ2n) is 6.41. The average molecular weight is 346 g/mol. The molecule has 0 saturated heterocycles. The first-order valence-electron chi connectivity index (χ1n) is 8.51. The van der Waals surface area contributed by atoms with Gasteiger partial charge in [0, 0.05) is 19.4 Å². The standard InChI is InChI=1S/C22H18O4/c1-13(23)25-21-12-11-19-18-8-7-15-5-3-4-6-16(15)17(18)9-10-20(19)22(21)26-14(2)24/h3-12,21-22H,1-2H3/t21-,22-/m1/s1. The van der Waals surface area contributed by atoms with Crippen molar-refractivity contribution in [2.24, 2.45) is 0 Å². The van der Waals surface area contributed by atoms with E-state index in [0.717, 1.165) is 21.9 Å². The number of esters is 2. The molecule has 4 rings (SSSR count). The van der Waals surface area contributed by atoms with Crippen molar-refractivity contribution in [2.45, 2.75) is 26.1 Å². The van der Waals surface area contributed by atoms with E-state index < -0.39 is 24.1 Å². The third kappa shape index (κ3) is 2.73. The normalized spacial score (nSPS) is 18.5. The van der Waals surface area contributed by atoms with Gasteiger partial charge >= 0.3 is 11.9 Å². The van der Waals surface area contributed by atoms with Gasteiger partial charge in [0.25, 0.3) is 0 Å². The van der Waals surface area contributed by atoms with Gasteiger partial charge in [-0.2, -0.15) is 0 Å². The van der Waals surface area contributed by atoms with E-state index in [-0.39, 0.29) is 0 Å². The van der Waals surface area contributed by atoms with Crippen LogP contribution in [0, 0.1) is 0 Å². The summed E-state index contributed by atoms with van der Waals surface area (Å²) in [6.45, 7) is 2.71. The van der Waals surface area contributed by atoms with Crippen molar-refractivity contribution in [3.05, 3.63) is 65.7 Å². The first-order valence-corrected chi connectivity index (χ1v) is 8.51. The van der Waals surface area contributed by atoms with Gasteiger partial charge in [0.2, 0.25) is 0 Å². The molecular formula is C22H18O4. The monoisotopic (exact) mass is 346 g/mol. The maximum atomic E-state index is 11.6. The summed E-state index contributed by atoms with van der Waals surface area (Å²) in [4.78, 5) is 23.0. The summed E-state index contributed by atoms with van der Waals surface area (Å²) in [5.41, 5.74) is 1.83.